The summed E-state index contributed by atoms with van der Waals surface area (Å²) in [5.74, 6) is -0.234. The first-order valence-corrected chi connectivity index (χ1v) is 30.4. The van der Waals surface area contributed by atoms with Crippen LogP contribution in [0, 0.1) is 0 Å². The van der Waals surface area contributed by atoms with Crippen LogP contribution in [0.15, 0.2) is 12.2 Å². The summed E-state index contributed by atoms with van der Waals surface area (Å²) in [5.41, 5.74) is 0. The highest BCUT2D eigenvalue weighted by Crippen LogP contribution is 2.30. The molecule has 0 spiro atoms. The van der Waals surface area contributed by atoms with Crippen molar-refractivity contribution in [2.24, 2.45) is 0 Å². The zero-order valence-corrected chi connectivity index (χ0v) is 46.4. The molecule has 0 aromatic heterocycles. The van der Waals surface area contributed by atoms with Crippen molar-refractivity contribution in [3.63, 3.8) is 0 Å². The van der Waals surface area contributed by atoms with E-state index in [1.807, 2.05) is 6.08 Å². The molecule has 2 heterocycles. The molecule has 1 amide bonds. The normalized spacial score (nSPS) is 25.4. The lowest BCUT2D eigenvalue weighted by Gasteiger charge is -2.46. The number of rotatable bonds is 49. The largest absolute Gasteiger partial charge is 0.394 e. The molecule has 14 heteroatoms. The molecule has 0 aliphatic carbocycles. The molecule has 14 nitrogen and oxygen atoms in total. The molecule has 0 saturated carbocycles. The van der Waals surface area contributed by atoms with E-state index in [1.54, 1.807) is 6.08 Å². The molecule has 2 saturated heterocycles. The lowest BCUT2D eigenvalue weighted by atomic mass is 9.97. The Hall–Kier alpha value is -1.27. The van der Waals surface area contributed by atoms with Crippen LogP contribution < -0.4 is 5.32 Å². The van der Waals surface area contributed by atoms with Crippen LogP contribution in [0.3, 0.4) is 0 Å². The number of amides is 1. The maximum absolute atomic E-state index is 13.2. The van der Waals surface area contributed by atoms with Gasteiger partial charge < -0.3 is 65.1 Å². The third-order valence-corrected chi connectivity index (χ3v) is 15.2. The van der Waals surface area contributed by atoms with E-state index in [-0.39, 0.29) is 18.9 Å². The maximum atomic E-state index is 13.2. The molecular formula is C59H113NO13. The van der Waals surface area contributed by atoms with E-state index in [0.717, 1.165) is 38.5 Å². The second-order valence-electron chi connectivity index (χ2n) is 21.8. The molecule has 12 atom stereocenters. The quantitative estimate of drug-likeness (QED) is 0.0204. The van der Waals surface area contributed by atoms with Crippen molar-refractivity contribution in [1.82, 2.24) is 5.32 Å². The Balaban J connectivity index is 1.76. The van der Waals surface area contributed by atoms with Gasteiger partial charge in [0.25, 0.3) is 0 Å². The SMILES string of the molecule is CCCCCCCCCCCCCCCCCCCCCC/C=C/C(O)C(COC1OC(CO)C(OC2OC(CO)C(O)C(O)C2O)C(O)C1O)NC(=O)CCCCCCCCCCCCCCCCCCC. The van der Waals surface area contributed by atoms with Gasteiger partial charge in [-0.05, 0) is 19.3 Å². The second kappa shape index (κ2) is 45.7. The first-order chi connectivity index (χ1) is 35.6. The molecule has 2 rings (SSSR count). The number of unbranched alkanes of at least 4 members (excludes halogenated alkanes) is 36. The van der Waals surface area contributed by atoms with Crippen LogP contribution in [-0.4, -0.2) is 140 Å². The summed E-state index contributed by atoms with van der Waals surface area (Å²) >= 11 is 0. The van der Waals surface area contributed by atoms with Crippen LogP contribution in [0.25, 0.3) is 0 Å². The highest BCUT2D eigenvalue weighted by Gasteiger charge is 2.51. The molecule has 0 aromatic carbocycles. The molecule has 2 aliphatic heterocycles. The van der Waals surface area contributed by atoms with E-state index in [1.165, 1.54) is 199 Å². The number of hydrogen-bond donors (Lipinski definition) is 9. The van der Waals surface area contributed by atoms with Gasteiger partial charge in [0.05, 0.1) is 32.0 Å². The zero-order valence-electron chi connectivity index (χ0n) is 46.4. The highest BCUT2D eigenvalue weighted by atomic mass is 16.7. The van der Waals surface area contributed by atoms with E-state index >= 15 is 0 Å². The van der Waals surface area contributed by atoms with Gasteiger partial charge in [0.15, 0.2) is 12.6 Å². The minimum absolute atomic E-state index is 0.234. The highest BCUT2D eigenvalue weighted by molar-refractivity contribution is 5.76. The van der Waals surface area contributed by atoms with Crippen molar-refractivity contribution in [2.45, 2.75) is 338 Å². The van der Waals surface area contributed by atoms with Gasteiger partial charge in [-0.15, -0.1) is 0 Å². The third kappa shape index (κ3) is 31.7. The van der Waals surface area contributed by atoms with Gasteiger partial charge in [-0.1, -0.05) is 251 Å². The number of hydrogen-bond acceptors (Lipinski definition) is 13. The number of aliphatic hydroxyl groups is 8. The van der Waals surface area contributed by atoms with Crippen molar-refractivity contribution in [2.75, 3.05) is 19.8 Å². The van der Waals surface area contributed by atoms with E-state index in [0.29, 0.717) is 6.42 Å². The summed E-state index contributed by atoms with van der Waals surface area (Å²) in [4.78, 5) is 13.2. The van der Waals surface area contributed by atoms with Crippen molar-refractivity contribution >= 4 is 5.91 Å². The number of allylic oxidation sites excluding steroid dienone is 1. The van der Waals surface area contributed by atoms with Crippen LogP contribution in [0.5, 0.6) is 0 Å². The molecule has 73 heavy (non-hydrogen) atoms. The molecule has 2 fully saturated rings. The monoisotopic (exact) mass is 1040 g/mol. The number of carbonyl (C=O) groups excluding carboxylic acids is 1. The summed E-state index contributed by atoms with van der Waals surface area (Å²) in [6.07, 6.45) is 35.3. The fourth-order valence-corrected chi connectivity index (χ4v) is 10.3. The smallest absolute Gasteiger partial charge is 0.220 e. The topological polar surface area (TPSA) is 228 Å². The number of carbonyl (C=O) groups is 1. The van der Waals surface area contributed by atoms with Crippen molar-refractivity contribution in [3.05, 3.63) is 12.2 Å². The molecule has 2 aliphatic rings. The van der Waals surface area contributed by atoms with Crippen LogP contribution in [0.1, 0.15) is 264 Å². The lowest BCUT2D eigenvalue weighted by Crippen LogP contribution is -2.65. The Morgan fingerprint density at radius 3 is 1.26 bits per heavy atom. The summed E-state index contributed by atoms with van der Waals surface area (Å²) in [7, 11) is 0. The van der Waals surface area contributed by atoms with Crippen molar-refractivity contribution in [1.29, 1.82) is 0 Å². The minimum atomic E-state index is -1.79. The Labute approximate surface area is 444 Å². The second-order valence-corrected chi connectivity index (χ2v) is 21.8. The average molecular weight is 1040 g/mol. The van der Waals surface area contributed by atoms with Gasteiger partial charge in [0.1, 0.15) is 48.8 Å². The summed E-state index contributed by atoms with van der Waals surface area (Å²) in [6, 6.07) is -0.909. The fourth-order valence-electron chi connectivity index (χ4n) is 10.3. The molecule has 9 N–H and O–H groups in total. The Morgan fingerprint density at radius 1 is 0.479 bits per heavy atom. The average Bonchev–Trinajstić information content (AvgIpc) is 3.39. The summed E-state index contributed by atoms with van der Waals surface area (Å²) in [6.45, 7) is 2.83. The van der Waals surface area contributed by atoms with Crippen LogP contribution in [-0.2, 0) is 23.7 Å². The Bertz CT molecular complexity index is 1280. The molecule has 432 valence electrons. The number of nitrogens with one attached hydrogen (secondary N) is 1. The molecule has 12 unspecified atom stereocenters. The molecule has 0 bridgehead atoms. The minimum Gasteiger partial charge on any atom is -0.394 e. The summed E-state index contributed by atoms with van der Waals surface area (Å²) < 4.78 is 22.8. The van der Waals surface area contributed by atoms with Gasteiger partial charge in [0.2, 0.25) is 5.91 Å². The Kier molecular flexibility index (Phi) is 42.5. The standard InChI is InChI=1S/C59H113NO13/c1-3-5-7-9-11-13-15-17-19-21-22-23-24-25-27-28-30-32-34-36-38-40-42-48(63)47(60-51(64)43-41-39-37-35-33-31-29-26-20-18-16-14-12-10-8-6-4-2)46-70-58-56(69)54(67)57(50(45-62)72-58)73-59-55(68)53(66)52(65)49(44-61)71-59/h40,42,47-50,52-59,61-63,65-69H,3-39,41,43-46H2,1-2H3,(H,60,64)/b42-40+. The maximum Gasteiger partial charge on any atom is 0.220 e. The first-order valence-electron chi connectivity index (χ1n) is 30.4. The molecule has 0 aromatic rings. The lowest BCUT2D eigenvalue weighted by molar-refractivity contribution is -0.359. The number of aliphatic hydroxyl groups excluding tert-OH is 8. The molecule has 0 radical (unpaired) electrons. The third-order valence-electron chi connectivity index (χ3n) is 15.2. The zero-order chi connectivity index (χ0) is 53.2. The fraction of sp³-hybridized carbons (Fsp3) is 0.949. The van der Waals surface area contributed by atoms with Gasteiger partial charge in [-0.3, -0.25) is 4.79 Å². The number of ether oxygens (including phenoxy) is 4. The Morgan fingerprint density at radius 2 is 0.849 bits per heavy atom. The van der Waals surface area contributed by atoms with Crippen LogP contribution in [0.4, 0.5) is 0 Å². The van der Waals surface area contributed by atoms with E-state index in [4.69, 9.17) is 18.9 Å². The predicted molar refractivity (Wildman–Crippen MR) is 291 cm³/mol. The van der Waals surface area contributed by atoms with E-state index in [9.17, 15) is 45.6 Å². The summed E-state index contributed by atoms with van der Waals surface area (Å²) in [5, 5.41) is 87.1. The first kappa shape index (κ1) is 67.8. The van der Waals surface area contributed by atoms with E-state index < -0.39 is 86.8 Å². The van der Waals surface area contributed by atoms with Gasteiger partial charge >= 0.3 is 0 Å². The van der Waals surface area contributed by atoms with Gasteiger partial charge in [-0.25, -0.2) is 0 Å². The van der Waals surface area contributed by atoms with Gasteiger partial charge in [-0.2, -0.15) is 0 Å². The van der Waals surface area contributed by atoms with Crippen molar-refractivity contribution < 1.29 is 64.6 Å². The van der Waals surface area contributed by atoms with Crippen molar-refractivity contribution in [3.8, 4) is 0 Å². The predicted octanol–water partition coefficient (Wildman–Crippen LogP) is 10.3. The van der Waals surface area contributed by atoms with E-state index in [2.05, 4.69) is 19.2 Å². The molecular weight excluding hydrogens is 931 g/mol. The van der Waals surface area contributed by atoms with Crippen LogP contribution >= 0.6 is 0 Å². The van der Waals surface area contributed by atoms with Gasteiger partial charge in [0, 0.05) is 6.42 Å². The van der Waals surface area contributed by atoms with Crippen LogP contribution in [0.2, 0.25) is 0 Å².